The van der Waals surface area contributed by atoms with E-state index in [0.717, 1.165) is 22.5 Å². The van der Waals surface area contributed by atoms with Gasteiger partial charge in [-0.25, -0.2) is 0 Å². The van der Waals surface area contributed by atoms with Gasteiger partial charge in [-0.2, -0.15) is 10.8 Å². The van der Waals surface area contributed by atoms with E-state index in [1.54, 1.807) is 55.0 Å². The van der Waals surface area contributed by atoms with E-state index in [1.807, 2.05) is 30.4 Å². The number of quaternary nitrogens is 1. The number of allylic oxidation sites excluding steroid dienone is 4. The molecule has 0 fully saturated rings. The summed E-state index contributed by atoms with van der Waals surface area (Å²) in [6.45, 7) is 0. The SMILES string of the molecule is N[N+]12C=CN=CC1=C(C1=CC=C1)N=C2C#Cc1cccc(NC(=O)c2ccc(Cl)cc2)c1. The van der Waals surface area contributed by atoms with Crippen molar-refractivity contribution in [3.63, 3.8) is 0 Å². The molecule has 0 saturated carbocycles. The van der Waals surface area contributed by atoms with Gasteiger partial charge in [0.15, 0.2) is 0 Å². The molecule has 5 rings (SSSR count). The first-order valence-electron chi connectivity index (χ1n) is 9.83. The van der Waals surface area contributed by atoms with E-state index >= 15 is 0 Å². The number of carbonyl (C=O) groups is 1. The van der Waals surface area contributed by atoms with E-state index in [0.29, 0.717) is 22.1 Å². The molecular weight excluding hydrogens is 422 g/mol. The number of nitrogens with zero attached hydrogens (tertiary/aromatic N) is 3. The summed E-state index contributed by atoms with van der Waals surface area (Å²) in [7, 11) is 0. The molecule has 7 heteroatoms. The highest BCUT2D eigenvalue weighted by molar-refractivity contribution is 6.30. The molecule has 0 radical (unpaired) electrons. The van der Waals surface area contributed by atoms with Crippen LogP contribution in [0.2, 0.25) is 5.02 Å². The predicted molar refractivity (Wildman–Crippen MR) is 126 cm³/mol. The summed E-state index contributed by atoms with van der Waals surface area (Å²) in [6, 6.07) is 14.0. The van der Waals surface area contributed by atoms with Crippen LogP contribution in [0.3, 0.4) is 0 Å². The lowest BCUT2D eigenvalue weighted by atomic mass is 10.0. The largest absolute Gasteiger partial charge is 0.322 e. The van der Waals surface area contributed by atoms with Gasteiger partial charge in [-0.1, -0.05) is 41.8 Å². The molecule has 2 aromatic rings. The van der Waals surface area contributed by atoms with E-state index in [4.69, 9.17) is 17.4 Å². The maximum absolute atomic E-state index is 12.5. The fourth-order valence-corrected chi connectivity index (χ4v) is 3.52. The molecule has 0 saturated heterocycles. The summed E-state index contributed by atoms with van der Waals surface area (Å²) in [5.74, 6) is 13.1. The zero-order valence-corrected chi connectivity index (χ0v) is 17.5. The van der Waals surface area contributed by atoms with Gasteiger partial charge in [0, 0.05) is 33.3 Å². The van der Waals surface area contributed by atoms with Crippen LogP contribution < -0.4 is 11.2 Å². The molecule has 154 valence electrons. The average molecular weight is 439 g/mol. The number of halogens is 1. The van der Waals surface area contributed by atoms with Crippen molar-refractivity contribution in [3.05, 3.63) is 112 Å². The molecule has 0 bridgehead atoms. The van der Waals surface area contributed by atoms with Crippen molar-refractivity contribution >= 4 is 35.2 Å². The Bertz CT molecular complexity index is 1380. The molecule has 1 amide bonds. The van der Waals surface area contributed by atoms with Gasteiger partial charge < -0.3 is 5.32 Å². The maximum atomic E-state index is 12.5. The number of hydrogen-bond acceptors (Lipinski definition) is 4. The number of anilines is 1. The topological polar surface area (TPSA) is 79.8 Å². The van der Waals surface area contributed by atoms with E-state index in [9.17, 15) is 4.79 Å². The number of amidine groups is 1. The number of carbonyl (C=O) groups excluding carboxylic acids is 1. The van der Waals surface area contributed by atoms with Gasteiger partial charge in [-0.05, 0) is 42.5 Å². The molecule has 6 nitrogen and oxygen atoms in total. The number of rotatable bonds is 3. The van der Waals surface area contributed by atoms with Gasteiger partial charge in [0.2, 0.25) is 5.70 Å². The monoisotopic (exact) mass is 438 g/mol. The molecule has 32 heavy (non-hydrogen) atoms. The third-order valence-electron chi connectivity index (χ3n) is 5.16. The predicted octanol–water partition coefficient (Wildman–Crippen LogP) is 4.31. The Labute approximate surface area is 190 Å². The summed E-state index contributed by atoms with van der Waals surface area (Å²) in [6.07, 6.45) is 11.0. The quantitative estimate of drug-likeness (QED) is 0.425. The van der Waals surface area contributed by atoms with Crippen molar-refractivity contribution in [2.24, 2.45) is 15.8 Å². The number of hydrogen-bond donors (Lipinski definition) is 2. The number of nitrogens with two attached hydrogens (primary N) is 1. The van der Waals surface area contributed by atoms with Gasteiger partial charge >= 0.3 is 5.84 Å². The van der Waals surface area contributed by atoms with Crippen molar-refractivity contribution in [2.45, 2.75) is 0 Å². The lowest BCUT2D eigenvalue weighted by Crippen LogP contribution is -2.52. The molecule has 2 heterocycles. The van der Waals surface area contributed by atoms with Crippen LogP contribution in [0.25, 0.3) is 0 Å². The van der Waals surface area contributed by atoms with E-state index in [2.05, 4.69) is 27.1 Å². The summed E-state index contributed by atoms with van der Waals surface area (Å²) in [5, 5.41) is 3.45. The summed E-state index contributed by atoms with van der Waals surface area (Å²) >= 11 is 5.89. The van der Waals surface area contributed by atoms with Gasteiger partial charge in [0.1, 0.15) is 11.9 Å². The Kier molecular flexibility index (Phi) is 4.92. The fraction of sp³-hybridized carbons (Fsp3) is 0. The van der Waals surface area contributed by atoms with Crippen LogP contribution in [0.1, 0.15) is 15.9 Å². The van der Waals surface area contributed by atoms with Crippen LogP contribution in [0.15, 0.2) is 106 Å². The molecule has 3 aliphatic rings. The minimum atomic E-state index is -0.225. The standard InChI is InChI=1S/C25H16ClN5O/c26-20-10-8-19(9-11-20)25(32)29-21-6-1-3-17(15-21)7-12-23-30-24(18-4-2-5-18)22-16-28-13-14-31(22,23)27/h1-6,8-11,13-16H,27H2/p+1. The molecule has 1 aliphatic carbocycles. The Balaban J connectivity index is 1.39. The molecule has 0 spiro atoms. The normalized spacial score (nSPS) is 20.1. The van der Waals surface area contributed by atoms with Crippen molar-refractivity contribution in [1.29, 1.82) is 0 Å². The van der Waals surface area contributed by atoms with Crippen LogP contribution in [0.4, 0.5) is 5.69 Å². The first kappa shape index (κ1) is 19.9. The third kappa shape index (κ3) is 3.61. The van der Waals surface area contributed by atoms with Gasteiger partial charge in [0.05, 0.1) is 12.4 Å². The van der Waals surface area contributed by atoms with E-state index < -0.39 is 0 Å². The van der Waals surface area contributed by atoms with Gasteiger partial charge in [-0.15, -0.1) is 4.59 Å². The number of benzene rings is 2. The second-order valence-corrected chi connectivity index (χ2v) is 7.73. The van der Waals surface area contributed by atoms with Crippen molar-refractivity contribution in [2.75, 3.05) is 5.32 Å². The van der Waals surface area contributed by atoms with E-state index in [1.165, 1.54) is 0 Å². The average Bonchev–Trinajstić information content (AvgIpc) is 3.04. The third-order valence-corrected chi connectivity index (χ3v) is 5.42. The highest BCUT2D eigenvalue weighted by atomic mass is 35.5. The van der Waals surface area contributed by atoms with E-state index in [-0.39, 0.29) is 10.5 Å². The van der Waals surface area contributed by atoms with Crippen molar-refractivity contribution < 1.29 is 9.39 Å². The van der Waals surface area contributed by atoms with Crippen molar-refractivity contribution in [3.8, 4) is 11.8 Å². The number of aliphatic imine (C=N–C) groups is 2. The van der Waals surface area contributed by atoms with Gasteiger partial charge in [-0.3, -0.25) is 9.79 Å². The Morgan fingerprint density at radius 1 is 1.12 bits per heavy atom. The molecular formula is C25H17ClN5O+. The highest BCUT2D eigenvalue weighted by Gasteiger charge is 2.43. The maximum Gasteiger partial charge on any atom is 0.311 e. The zero-order valence-electron chi connectivity index (χ0n) is 16.8. The second kappa shape index (κ2) is 7.91. The Hall–Kier alpha value is -4.02. The van der Waals surface area contributed by atoms with Crippen molar-refractivity contribution in [1.82, 2.24) is 0 Å². The second-order valence-electron chi connectivity index (χ2n) is 7.30. The smallest absolute Gasteiger partial charge is 0.311 e. The lowest BCUT2D eigenvalue weighted by Gasteiger charge is -2.23. The first-order chi connectivity index (χ1) is 15.5. The van der Waals surface area contributed by atoms with Crippen LogP contribution >= 0.6 is 11.6 Å². The Morgan fingerprint density at radius 3 is 2.69 bits per heavy atom. The molecule has 1 unspecified atom stereocenters. The molecule has 2 aliphatic heterocycles. The summed E-state index contributed by atoms with van der Waals surface area (Å²) < 4.78 is -0.121. The van der Waals surface area contributed by atoms with Gasteiger partial charge in [0.25, 0.3) is 5.91 Å². The number of fused-ring (bicyclic) bond motifs is 1. The summed E-state index contributed by atoms with van der Waals surface area (Å²) in [5.41, 5.74) is 4.42. The lowest BCUT2D eigenvalue weighted by molar-refractivity contribution is -0.749. The van der Waals surface area contributed by atoms with Crippen LogP contribution in [0, 0.1) is 11.8 Å². The van der Waals surface area contributed by atoms with Crippen LogP contribution in [-0.2, 0) is 0 Å². The molecule has 3 N–H and O–H groups in total. The zero-order chi connectivity index (χ0) is 22.1. The number of nitrogens with one attached hydrogen (secondary N) is 1. The minimum absolute atomic E-state index is 0.121. The Morgan fingerprint density at radius 2 is 1.94 bits per heavy atom. The first-order valence-corrected chi connectivity index (χ1v) is 10.2. The molecule has 0 aromatic heterocycles. The number of amides is 1. The fourth-order valence-electron chi connectivity index (χ4n) is 3.39. The van der Waals surface area contributed by atoms with Crippen LogP contribution in [0.5, 0.6) is 0 Å². The molecule has 1 atom stereocenters. The molecule has 2 aromatic carbocycles. The highest BCUT2D eigenvalue weighted by Crippen LogP contribution is 2.34. The summed E-state index contributed by atoms with van der Waals surface area (Å²) in [4.78, 5) is 21.4. The minimum Gasteiger partial charge on any atom is -0.322 e. The van der Waals surface area contributed by atoms with Crippen LogP contribution in [-0.4, -0.2) is 22.5 Å².